The minimum atomic E-state index is -0.0932. The Labute approximate surface area is 163 Å². The second kappa shape index (κ2) is 7.96. The summed E-state index contributed by atoms with van der Waals surface area (Å²) < 4.78 is 2.66. The van der Waals surface area contributed by atoms with Gasteiger partial charge in [0.05, 0.1) is 17.1 Å². The molecule has 0 aliphatic rings. The van der Waals surface area contributed by atoms with Gasteiger partial charge in [-0.3, -0.25) is 4.79 Å². The van der Waals surface area contributed by atoms with Crippen molar-refractivity contribution < 1.29 is 4.79 Å². The van der Waals surface area contributed by atoms with Gasteiger partial charge in [0.2, 0.25) is 11.1 Å². The van der Waals surface area contributed by atoms with Gasteiger partial charge in [-0.15, -0.1) is 5.10 Å². The minimum Gasteiger partial charge on any atom is -0.324 e. The SMILES string of the molecule is Cc1ccc(-n2nnnc2SCC(=O)Nc2ccccc2I)c(C)c1. The van der Waals surface area contributed by atoms with Crippen LogP contribution in [0.5, 0.6) is 0 Å². The zero-order valence-corrected chi connectivity index (χ0v) is 16.7. The molecule has 128 valence electrons. The highest BCUT2D eigenvalue weighted by Crippen LogP contribution is 2.22. The van der Waals surface area contributed by atoms with Crippen LogP contribution < -0.4 is 5.32 Å². The lowest BCUT2D eigenvalue weighted by Crippen LogP contribution is -2.15. The molecule has 0 radical (unpaired) electrons. The van der Waals surface area contributed by atoms with Crippen molar-refractivity contribution in [1.82, 2.24) is 20.2 Å². The first-order chi connectivity index (χ1) is 12.0. The minimum absolute atomic E-state index is 0.0932. The number of rotatable bonds is 5. The first-order valence-electron chi connectivity index (χ1n) is 7.58. The fourth-order valence-electron chi connectivity index (χ4n) is 2.34. The number of aryl methyl sites for hydroxylation is 2. The number of thioether (sulfide) groups is 1. The third-order valence-corrected chi connectivity index (χ3v) is 5.36. The molecule has 0 fully saturated rings. The zero-order chi connectivity index (χ0) is 17.8. The number of aromatic nitrogens is 4. The van der Waals surface area contributed by atoms with Crippen molar-refractivity contribution in [3.63, 3.8) is 0 Å². The van der Waals surface area contributed by atoms with Crippen molar-refractivity contribution in [1.29, 1.82) is 0 Å². The van der Waals surface area contributed by atoms with Crippen molar-refractivity contribution in [2.45, 2.75) is 19.0 Å². The molecular formula is C17H16IN5OS. The Morgan fingerprint density at radius 2 is 2.04 bits per heavy atom. The second-order valence-electron chi connectivity index (χ2n) is 5.48. The van der Waals surface area contributed by atoms with E-state index in [1.807, 2.05) is 50.2 Å². The summed E-state index contributed by atoms with van der Waals surface area (Å²) in [7, 11) is 0. The first kappa shape index (κ1) is 17.9. The Kier molecular flexibility index (Phi) is 5.69. The molecule has 25 heavy (non-hydrogen) atoms. The van der Waals surface area contributed by atoms with Crippen LogP contribution in [0.2, 0.25) is 0 Å². The average molecular weight is 465 g/mol. The van der Waals surface area contributed by atoms with Gasteiger partial charge >= 0.3 is 0 Å². The smallest absolute Gasteiger partial charge is 0.234 e. The van der Waals surface area contributed by atoms with Crippen LogP contribution in [0.3, 0.4) is 0 Å². The summed E-state index contributed by atoms with van der Waals surface area (Å²) in [5.74, 6) is 0.139. The van der Waals surface area contributed by atoms with E-state index in [-0.39, 0.29) is 11.7 Å². The lowest BCUT2D eigenvalue weighted by Gasteiger charge is -2.09. The van der Waals surface area contributed by atoms with Gasteiger partial charge in [0.25, 0.3) is 0 Å². The van der Waals surface area contributed by atoms with Crippen LogP contribution >= 0.6 is 34.4 Å². The summed E-state index contributed by atoms with van der Waals surface area (Å²) in [6.45, 7) is 4.06. The number of carbonyl (C=O) groups excluding carboxylic acids is 1. The molecule has 8 heteroatoms. The molecule has 1 heterocycles. The number of tetrazole rings is 1. The van der Waals surface area contributed by atoms with Crippen molar-refractivity contribution in [2.24, 2.45) is 0 Å². The van der Waals surface area contributed by atoms with Crippen molar-refractivity contribution in [3.8, 4) is 5.69 Å². The number of anilines is 1. The molecule has 0 spiro atoms. The molecule has 0 aliphatic carbocycles. The van der Waals surface area contributed by atoms with Crippen LogP contribution in [0.15, 0.2) is 47.6 Å². The van der Waals surface area contributed by atoms with E-state index in [4.69, 9.17) is 0 Å². The van der Waals surface area contributed by atoms with Gasteiger partial charge < -0.3 is 5.32 Å². The Bertz CT molecular complexity index is 912. The van der Waals surface area contributed by atoms with Gasteiger partial charge in [-0.2, -0.15) is 4.68 Å². The van der Waals surface area contributed by atoms with Gasteiger partial charge in [-0.25, -0.2) is 0 Å². The Morgan fingerprint density at radius 1 is 1.24 bits per heavy atom. The summed E-state index contributed by atoms with van der Waals surface area (Å²) >= 11 is 3.50. The largest absolute Gasteiger partial charge is 0.324 e. The Hall–Kier alpha value is -1.94. The van der Waals surface area contributed by atoms with Gasteiger partial charge in [0.1, 0.15) is 0 Å². The lowest BCUT2D eigenvalue weighted by molar-refractivity contribution is -0.113. The molecule has 0 saturated heterocycles. The van der Waals surface area contributed by atoms with Gasteiger partial charge in [-0.1, -0.05) is 41.6 Å². The van der Waals surface area contributed by atoms with E-state index in [2.05, 4.69) is 49.5 Å². The van der Waals surface area contributed by atoms with Gasteiger partial charge in [0.15, 0.2) is 0 Å². The van der Waals surface area contributed by atoms with Gasteiger partial charge in [-0.05, 0) is 70.6 Å². The number of halogens is 1. The van der Waals surface area contributed by atoms with E-state index in [0.717, 1.165) is 20.5 Å². The van der Waals surface area contributed by atoms with E-state index in [1.165, 1.54) is 17.3 Å². The monoisotopic (exact) mass is 465 g/mol. The number of benzene rings is 2. The van der Waals surface area contributed by atoms with E-state index < -0.39 is 0 Å². The van der Waals surface area contributed by atoms with Crippen LogP contribution in [0.25, 0.3) is 5.69 Å². The number of nitrogens with one attached hydrogen (secondary N) is 1. The number of hydrogen-bond acceptors (Lipinski definition) is 5. The Morgan fingerprint density at radius 3 is 2.80 bits per heavy atom. The molecule has 1 amide bonds. The molecule has 6 nitrogen and oxygen atoms in total. The summed E-state index contributed by atoms with van der Waals surface area (Å²) in [4.78, 5) is 12.2. The molecular weight excluding hydrogens is 449 g/mol. The maximum absolute atomic E-state index is 12.2. The number of hydrogen-bond donors (Lipinski definition) is 1. The zero-order valence-electron chi connectivity index (χ0n) is 13.7. The number of carbonyl (C=O) groups is 1. The van der Waals surface area contributed by atoms with Crippen molar-refractivity contribution >= 4 is 45.9 Å². The summed E-state index contributed by atoms with van der Waals surface area (Å²) in [5.41, 5.74) is 3.98. The van der Waals surface area contributed by atoms with Gasteiger partial charge in [0, 0.05) is 3.57 Å². The summed E-state index contributed by atoms with van der Waals surface area (Å²) in [5, 5.41) is 15.3. The highest BCUT2D eigenvalue weighted by Gasteiger charge is 2.13. The number of nitrogens with zero attached hydrogens (tertiary/aromatic N) is 4. The molecule has 1 aromatic heterocycles. The predicted molar refractivity (Wildman–Crippen MR) is 107 cm³/mol. The van der Waals surface area contributed by atoms with Crippen molar-refractivity contribution in [3.05, 3.63) is 57.2 Å². The molecule has 0 saturated carbocycles. The molecule has 1 N–H and O–H groups in total. The van der Waals surface area contributed by atoms with Crippen LogP contribution in [-0.2, 0) is 4.79 Å². The fourth-order valence-corrected chi connectivity index (χ4v) is 3.55. The van der Waals surface area contributed by atoms with Crippen LogP contribution in [-0.4, -0.2) is 31.9 Å². The highest BCUT2D eigenvalue weighted by molar-refractivity contribution is 14.1. The molecule has 3 rings (SSSR count). The maximum atomic E-state index is 12.2. The predicted octanol–water partition coefficient (Wildman–Crippen LogP) is 3.61. The van der Waals surface area contributed by atoms with Crippen LogP contribution in [0, 0.1) is 17.4 Å². The summed E-state index contributed by atoms with van der Waals surface area (Å²) in [6, 6.07) is 13.7. The third-order valence-electron chi connectivity index (χ3n) is 3.50. The molecule has 0 aliphatic heterocycles. The molecule has 2 aromatic carbocycles. The quantitative estimate of drug-likeness (QED) is 0.461. The molecule has 0 unspecified atom stereocenters. The molecule has 3 aromatic rings. The van der Waals surface area contributed by atoms with Crippen LogP contribution in [0.1, 0.15) is 11.1 Å². The average Bonchev–Trinajstić information content (AvgIpc) is 3.03. The number of para-hydroxylation sites is 1. The second-order valence-corrected chi connectivity index (χ2v) is 7.58. The molecule has 0 atom stereocenters. The normalized spacial score (nSPS) is 10.7. The van der Waals surface area contributed by atoms with Crippen molar-refractivity contribution in [2.75, 3.05) is 11.1 Å². The lowest BCUT2D eigenvalue weighted by atomic mass is 10.1. The highest BCUT2D eigenvalue weighted by atomic mass is 127. The van der Waals surface area contributed by atoms with E-state index in [9.17, 15) is 4.79 Å². The van der Waals surface area contributed by atoms with E-state index in [0.29, 0.717) is 5.16 Å². The Balaban J connectivity index is 1.69. The number of amides is 1. The van der Waals surface area contributed by atoms with E-state index >= 15 is 0 Å². The topological polar surface area (TPSA) is 72.7 Å². The maximum Gasteiger partial charge on any atom is 0.234 e. The fraction of sp³-hybridized carbons (Fsp3) is 0.176. The standard InChI is InChI=1S/C17H16IN5OS/c1-11-7-8-15(12(2)9-11)23-17(20-21-22-23)25-10-16(24)19-14-6-4-3-5-13(14)18/h3-9H,10H2,1-2H3,(H,19,24). The summed E-state index contributed by atoms with van der Waals surface area (Å²) in [6.07, 6.45) is 0. The molecule has 0 bridgehead atoms. The first-order valence-corrected chi connectivity index (χ1v) is 9.64. The van der Waals surface area contributed by atoms with Crippen LogP contribution in [0.4, 0.5) is 5.69 Å². The third kappa shape index (κ3) is 4.37. The van der Waals surface area contributed by atoms with E-state index in [1.54, 1.807) is 4.68 Å².